The average Bonchev–Trinajstić information content (AvgIpc) is 3.36. The number of hydrogen-bond donors (Lipinski definition) is 2. The summed E-state index contributed by atoms with van der Waals surface area (Å²) in [6.07, 6.45) is 2.76. The maximum Gasteiger partial charge on any atom is 0.271 e. The molecule has 4 rings (SSSR count). The highest BCUT2D eigenvalue weighted by Crippen LogP contribution is 2.39. The molecule has 3 aromatic heterocycles. The molecular formula is C22H20ClN3O5S2. The highest BCUT2D eigenvalue weighted by Gasteiger charge is 2.23. The smallest absolute Gasteiger partial charge is 0.271 e. The van der Waals surface area contributed by atoms with Gasteiger partial charge in [0.2, 0.25) is 0 Å². The summed E-state index contributed by atoms with van der Waals surface area (Å²) < 4.78 is 40.3. The molecule has 1 aromatic carbocycles. The second-order valence-corrected chi connectivity index (χ2v) is 10.6. The van der Waals surface area contributed by atoms with E-state index in [0.717, 1.165) is 16.9 Å². The molecular weight excluding hydrogens is 486 g/mol. The van der Waals surface area contributed by atoms with Crippen molar-refractivity contribution in [1.82, 2.24) is 9.38 Å². The first kappa shape index (κ1) is 23.2. The molecule has 3 heterocycles. The first-order chi connectivity index (χ1) is 15.6. The molecule has 0 saturated carbocycles. The Hall–Kier alpha value is -2.92. The van der Waals surface area contributed by atoms with Gasteiger partial charge in [-0.15, -0.1) is 11.3 Å². The molecule has 33 heavy (non-hydrogen) atoms. The summed E-state index contributed by atoms with van der Waals surface area (Å²) in [5.41, 5.74) is 7.93. The molecule has 3 N–H and O–H groups in total. The van der Waals surface area contributed by atoms with Crippen LogP contribution < -0.4 is 10.5 Å². The second-order valence-electron chi connectivity index (χ2n) is 7.44. The SMILES string of the molecule is CC(c1ccc2ncc(-c3cc(O[C@H](C)c4ccccc4Cl)c(C(N)=O)s3)n2c1)S(=O)(=O)O. The monoisotopic (exact) mass is 505 g/mol. The second kappa shape index (κ2) is 8.79. The minimum atomic E-state index is -4.27. The lowest BCUT2D eigenvalue weighted by atomic mass is 10.1. The molecule has 8 nitrogen and oxygen atoms in total. The predicted molar refractivity (Wildman–Crippen MR) is 127 cm³/mol. The summed E-state index contributed by atoms with van der Waals surface area (Å²) in [6, 6.07) is 12.2. The van der Waals surface area contributed by atoms with Crippen LogP contribution in [0.2, 0.25) is 5.02 Å². The number of primary amides is 1. The van der Waals surface area contributed by atoms with E-state index in [-0.39, 0.29) is 4.88 Å². The number of nitrogens with zero attached hydrogens (tertiary/aromatic N) is 2. The molecule has 0 spiro atoms. The van der Waals surface area contributed by atoms with Crippen LogP contribution in [0.25, 0.3) is 16.2 Å². The Labute approximate surface area is 199 Å². The molecule has 0 saturated heterocycles. The number of nitrogens with two attached hydrogens (primary N) is 1. The molecule has 0 radical (unpaired) electrons. The normalized spacial score (nSPS) is 13.7. The van der Waals surface area contributed by atoms with Crippen LogP contribution in [0.3, 0.4) is 0 Å². The van der Waals surface area contributed by atoms with Gasteiger partial charge in [0.05, 0.1) is 16.8 Å². The Morgan fingerprint density at radius 1 is 1.24 bits per heavy atom. The number of aromatic nitrogens is 2. The predicted octanol–water partition coefficient (Wildman–Crippen LogP) is 4.90. The van der Waals surface area contributed by atoms with E-state index in [1.165, 1.54) is 6.92 Å². The standard InChI is InChI=1S/C22H20ClN3O5S2/c1-12(15-5-3-4-6-16(15)23)31-18-9-19(32-21(18)22(24)27)17-10-25-20-8-7-14(11-26(17)20)13(2)33(28,29)30/h3-13H,1-2H3,(H2,24,27)(H,28,29,30)/t12-,13?/m1/s1. The fraction of sp³-hybridized carbons (Fsp3) is 0.182. The quantitative estimate of drug-likeness (QED) is 0.344. The Morgan fingerprint density at radius 3 is 2.64 bits per heavy atom. The summed E-state index contributed by atoms with van der Waals surface area (Å²) >= 11 is 7.41. The maximum atomic E-state index is 12.1. The number of amides is 1. The Bertz CT molecular complexity index is 1460. The zero-order valence-corrected chi connectivity index (χ0v) is 20.0. The Morgan fingerprint density at radius 2 is 1.97 bits per heavy atom. The lowest BCUT2D eigenvalue weighted by Gasteiger charge is -2.16. The summed E-state index contributed by atoms with van der Waals surface area (Å²) in [4.78, 5) is 17.3. The number of fused-ring (bicyclic) bond motifs is 1. The minimum absolute atomic E-state index is 0.237. The van der Waals surface area contributed by atoms with Gasteiger partial charge in [0.15, 0.2) is 0 Å². The maximum absolute atomic E-state index is 12.1. The Balaban J connectivity index is 1.76. The third kappa shape index (κ3) is 4.60. The Kier molecular flexibility index (Phi) is 6.19. The molecule has 2 atom stereocenters. The third-order valence-corrected chi connectivity index (χ3v) is 7.93. The number of benzene rings is 1. The van der Waals surface area contributed by atoms with E-state index in [0.29, 0.717) is 32.6 Å². The van der Waals surface area contributed by atoms with Crippen molar-refractivity contribution in [3.05, 3.63) is 75.9 Å². The van der Waals surface area contributed by atoms with Gasteiger partial charge in [0.25, 0.3) is 16.0 Å². The van der Waals surface area contributed by atoms with Crippen LogP contribution in [0, 0.1) is 0 Å². The lowest BCUT2D eigenvalue weighted by molar-refractivity contribution is 0.0998. The fourth-order valence-corrected chi connectivity index (χ4v) is 5.13. The third-order valence-electron chi connectivity index (χ3n) is 5.27. The van der Waals surface area contributed by atoms with Crippen LogP contribution in [0.1, 0.15) is 46.0 Å². The molecule has 0 aliphatic carbocycles. The number of ether oxygens (including phenoxy) is 1. The van der Waals surface area contributed by atoms with E-state index in [4.69, 9.17) is 22.1 Å². The van der Waals surface area contributed by atoms with Crippen LogP contribution in [-0.4, -0.2) is 28.3 Å². The van der Waals surface area contributed by atoms with Crippen LogP contribution in [0.15, 0.2) is 54.9 Å². The van der Waals surface area contributed by atoms with Gasteiger partial charge in [-0.1, -0.05) is 35.9 Å². The molecule has 1 amide bonds. The molecule has 0 fully saturated rings. The summed E-state index contributed by atoms with van der Waals surface area (Å²) in [6.45, 7) is 3.21. The first-order valence-electron chi connectivity index (χ1n) is 9.84. The lowest BCUT2D eigenvalue weighted by Crippen LogP contribution is -2.12. The van der Waals surface area contributed by atoms with E-state index >= 15 is 0 Å². The van der Waals surface area contributed by atoms with Crippen LogP contribution >= 0.6 is 22.9 Å². The summed E-state index contributed by atoms with van der Waals surface area (Å²) in [5.74, 6) is -0.325. The number of carbonyl (C=O) groups excluding carboxylic acids is 1. The average molecular weight is 506 g/mol. The van der Waals surface area contributed by atoms with Gasteiger partial charge in [-0.05, 0) is 31.5 Å². The number of carbonyl (C=O) groups is 1. The van der Waals surface area contributed by atoms with Crippen molar-refractivity contribution < 1.29 is 22.5 Å². The highest BCUT2D eigenvalue weighted by molar-refractivity contribution is 7.86. The van der Waals surface area contributed by atoms with Crippen molar-refractivity contribution >= 4 is 44.6 Å². The minimum Gasteiger partial charge on any atom is -0.484 e. The van der Waals surface area contributed by atoms with E-state index in [9.17, 15) is 17.8 Å². The first-order valence-corrected chi connectivity index (χ1v) is 12.5. The van der Waals surface area contributed by atoms with Gasteiger partial charge in [-0.25, -0.2) is 4.98 Å². The van der Waals surface area contributed by atoms with E-state index in [1.54, 1.807) is 41.1 Å². The molecule has 4 aromatic rings. The molecule has 172 valence electrons. The van der Waals surface area contributed by atoms with Crippen molar-refractivity contribution in [3.63, 3.8) is 0 Å². The van der Waals surface area contributed by atoms with Crippen LogP contribution in [0.5, 0.6) is 5.75 Å². The van der Waals surface area contributed by atoms with Gasteiger partial charge >= 0.3 is 0 Å². The number of rotatable bonds is 7. The van der Waals surface area contributed by atoms with Gasteiger partial charge < -0.3 is 10.5 Å². The van der Waals surface area contributed by atoms with Gasteiger partial charge in [-0.3, -0.25) is 13.7 Å². The van der Waals surface area contributed by atoms with Crippen molar-refractivity contribution in [2.45, 2.75) is 25.2 Å². The zero-order chi connectivity index (χ0) is 23.9. The topological polar surface area (TPSA) is 124 Å². The zero-order valence-electron chi connectivity index (χ0n) is 17.6. The summed E-state index contributed by atoms with van der Waals surface area (Å²) in [7, 11) is -4.27. The van der Waals surface area contributed by atoms with E-state index in [1.807, 2.05) is 25.1 Å². The largest absolute Gasteiger partial charge is 0.484 e. The van der Waals surface area contributed by atoms with Crippen LogP contribution in [0.4, 0.5) is 0 Å². The van der Waals surface area contributed by atoms with Gasteiger partial charge in [0.1, 0.15) is 27.6 Å². The number of pyridine rings is 1. The highest BCUT2D eigenvalue weighted by atomic mass is 35.5. The summed E-state index contributed by atoms with van der Waals surface area (Å²) in [5, 5.41) is -0.569. The van der Waals surface area contributed by atoms with Crippen LogP contribution in [-0.2, 0) is 10.1 Å². The molecule has 0 aliphatic rings. The molecule has 11 heteroatoms. The molecule has 0 bridgehead atoms. The van der Waals surface area contributed by atoms with E-state index < -0.39 is 27.4 Å². The molecule has 0 aliphatic heterocycles. The fourth-order valence-electron chi connectivity index (χ4n) is 3.41. The van der Waals surface area contributed by atoms with Crippen molar-refractivity contribution in [3.8, 4) is 16.3 Å². The number of thiophene rings is 1. The van der Waals surface area contributed by atoms with Crippen molar-refractivity contribution in [1.29, 1.82) is 0 Å². The number of halogens is 1. The molecule has 1 unspecified atom stereocenters. The van der Waals surface area contributed by atoms with Gasteiger partial charge in [-0.2, -0.15) is 8.42 Å². The van der Waals surface area contributed by atoms with Crippen molar-refractivity contribution in [2.75, 3.05) is 0 Å². The van der Waals surface area contributed by atoms with Gasteiger partial charge in [0, 0.05) is 22.8 Å². The number of hydrogen-bond acceptors (Lipinski definition) is 6. The van der Waals surface area contributed by atoms with Crippen molar-refractivity contribution in [2.24, 2.45) is 5.73 Å². The van der Waals surface area contributed by atoms with E-state index in [2.05, 4.69) is 4.98 Å². The number of imidazole rings is 1.